The number of nitro groups is 1. The van der Waals surface area contributed by atoms with Crippen LogP contribution < -0.4 is 4.74 Å². The van der Waals surface area contributed by atoms with E-state index in [1.54, 1.807) is 0 Å². The lowest BCUT2D eigenvalue weighted by atomic mass is 9.98. The highest BCUT2D eigenvalue weighted by Gasteiger charge is 2.30. The Morgan fingerprint density at radius 2 is 1.61 bits per heavy atom. The Hall–Kier alpha value is -3.76. The summed E-state index contributed by atoms with van der Waals surface area (Å²) in [6.45, 7) is 1.85. The Morgan fingerprint density at radius 1 is 0.944 bits per heavy atom. The van der Waals surface area contributed by atoms with Crippen molar-refractivity contribution >= 4 is 26.7 Å². The van der Waals surface area contributed by atoms with Crippen LogP contribution in [-0.4, -0.2) is 40.3 Å². The van der Waals surface area contributed by atoms with E-state index in [1.807, 2.05) is 54.6 Å². The van der Waals surface area contributed by atoms with Gasteiger partial charge in [0.15, 0.2) is 0 Å². The molecule has 1 aliphatic heterocycles. The van der Waals surface area contributed by atoms with Crippen LogP contribution in [-0.2, 0) is 23.2 Å². The number of hydrogen-bond acceptors (Lipinski definition) is 6. The summed E-state index contributed by atoms with van der Waals surface area (Å²) in [6, 6.07) is 22.6. The smallest absolute Gasteiger partial charge is 0.269 e. The summed E-state index contributed by atoms with van der Waals surface area (Å²) in [7, 11) is -3.70. The average molecular weight is 507 g/mol. The number of piperidine rings is 1. The number of para-hydroxylation sites is 3. The van der Waals surface area contributed by atoms with Crippen molar-refractivity contribution in [2.24, 2.45) is 5.92 Å². The van der Waals surface area contributed by atoms with Crippen molar-refractivity contribution in [1.29, 1.82) is 0 Å². The second kappa shape index (κ2) is 10.1. The van der Waals surface area contributed by atoms with Crippen LogP contribution in [0, 0.1) is 16.0 Å². The minimum Gasteiger partial charge on any atom is -0.486 e. The number of nitrogens with zero attached hydrogens (tertiary/aromatic N) is 4. The summed E-state index contributed by atoms with van der Waals surface area (Å²) in [5.41, 5.74) is 1.81. The molecule has 0 spiro atoms. The standard InChI is InChI=1S/C26H26N4O5S/c31-30(32)21-10-12-23(13-11-21)36(33,34)28-16-14-20(15-17-28)18-29-25-9-5-4-8-24(25)27-26(29)19-35-22-6-2-1-3-7-22/h1-13,20H,14-19H2. The molecular formula is C26H26N4O5S. The predicted molar refractivity (Wildman–Crippen MR) is 135 cm³/mol. The number of non-ortho nitro benzene ring substituents is 1. The first kappa shape index (κ1) is 24.0. The topological polar surface area (TPSA) is 108 Å². The molecule has 36 heavy (non-hydrogen) atoms. The Labute approximate surface area is 209 Å². The highest BCUT2D eigenvalue weighted by Crippen LogP contribution is 2.28. The van der Waals surface area contributed by atoms with Crippen LogP contribution in [0.15, 0.2) is 83.8 Å². The zero-order chi connectivity index (χ0) is 25.1. The van der Waals surface area contributed by atoms with E-state index in [0.717, 1.165) is 29.2 Å². The second-order valence-corrected chi connectivity index (χ2v) is 10.8. The lowest BCUT2D eigenvalue weighted by Gasteiger charge is -2.31. The third-order valence-corrected chi connectivity index (χ3v) is 8.46. The number of aromatic nitrogens is 2. The molecule has 186 valence electrons. The van der Waals surface area contributed by atoms with Gasteiger partial charge in [0.2, 0.25) is 10.0 Å². The third-order valence-electron chi connectivity index (χ3n) is 6.54. The summed E-state index contributed by atoms with van der Waals surface area (Å²) in [4.78, 5) is 15.2. The van der Waals surface area contributed by atoms with Crippen molar-refractivity contribution < 1.29 is 18.1 Å². The molecule has 0 saturated carbocycles. The Balaban J connectivity index is 1.28. The molecule has 1 saturated heterocycles. The molecule has 0 aliphatic carbocycles. The molecule has 1 aliphatic rings. The van der Waals surface area contributed by atoms with Crippen LogP contribution in [0.1, 0.15) is 18.7 Å². The van der Waals surface area contributed by atoms with Gasteiger partial charge in [-0.05, 0) is 55.2 Å². The lowest BCUT2D eigenvalue weighted by molar-refractivity contribution is -0.384. The first-order valence-corrected chi connectivity index (χ1v) is 13.2. The van der Waals surface area contributed by atoms with Gasteiger partial charge in [-0.3, -0.25) is 10.1 Å². The molecule has 0 atom stereocenters. The number of hydrogen-bond donors (Lipinski definition) is 0. The van der Waals surface area contributed by atoms with Gasteiger partial charge in [0, 0.05) is 31.8 Å². The van der Waals surface area contributed by atoms with Gasteiger partial charge in [0.25, 0.3) is 5.69 Å². The fraction of sp³-hybridized carbons (Fsp3) is 0.269. The molecule has 1 fully saturated rings. The fourth-order valence-corrected chi connectivity index (χ4v) is 6.05. The highest BCUT2D eigenvalue weighted by molar-refractivity contribution is 7.89. The minimum absolute atomic E-state index is 0.0764. The van der Waals surface area contributed by atoms with Gasteiger partial charge in [0.05, 0.1) is 20.9 Å². The number of imidazole rings is 1. The first-order chi connectivity index (χ1) is 17.4. The summed E-state index contributed by atoms with van der Waals surface area (Å²) in [6.07, 6.45) is 1.41. The highest BCUT2D eigenvalue weighted by atomic mass is 32.2. The molecule has 9 nitrogen and oxygen atoms in total. The molecule has 10 heteroatoms. The number of nitro benzene ring substituents is 1. The summed E-state index contributed by atoms with van der Waals surface area (Å²) < 4.78 is 35.8. The molecule has 3 aromatic carbocycles. The van der Waals surface area contributed by atoms with Gasteiger partial charge in [-0.2, -0.15) is 4.31 Å². The lowest BCUT2D eigenvalue weighted by Crippen LogP contribution is -2.39. The van der Waals surface area contributed by atoms with Crippen molar-refractivity contribution in [3.63, 3.8) is 0 Å². The predicted octanol–water partition coefficient (Wildman–Crippen LogP) is 4.62. The molecule has 0 radical (unpaired) electrons. The van der Waals surface area contributed by atoms with E-state index >= 15 is 0 Å². The van der Waals surface area contributed by atoms with Crippen molar-refractivity contribution in [3.05, 3.63) is 94.8 Å². The Morgan fingerprint density at radius 3 is 2.31 bits per heavy atom. The number of fused-ring (bicyclic) bond motifs is 1. The van der Waals surface area contributed by atoms with Gasteiger partial charge in [-0.1, -0.05) is 30.3 Å². The van der Waals surface area contributed by atoms with E-state index in [-0.39, 0.29) is 16.5 Å². The van der Waals surface area contributed by atoms with Crippen molar-refractivity contribution in [1.82, 2.24) is 13.9 Å². The summed E-state index contributed by atoms with van der Waals surface area (Å²) in [5.74, 6) is 1.89. The van der Waals surface area contributed by atoms with Crippen molar-refractivity contribution in [3.8, 4) is 5.75 Å². The van der Waals surface area contributed by atoms with Crippen LogP contribution in [0.3, 0.4) is 0 Å². The van der Waals surface area contributed by atoms with Crippen molar-refractivity contribution in [2.45, 2.75) is 30.9 Å². The van der Waals surface area contributed by atoms with Crippen LogP contribution in [0.25, 0.3) is 11.0 Å². The third kappa shape index (κ3) is 4.95. The van der Waals surface area contributed by atoms with Crippen LogP contribution >= 0.6 is 0 Å². The summed E-state index contributed by atoms with van der Waals surface area (Å²) in [5, 5.41) is 10.9. The van der Waals surface area contributed by atoms with Gasteiger partial charge >= 0.3 is 0 Å². The molecule has 0 N–H and O–H groups in total. The number of ether oxygens (including phenoxy) is 1. The van der Waals surface area contributed by atoms with Gasteiger partial charge in [-0.25, -0.2) is 13.4 Å². The molecule has 0 unspecified atom stereocenters. The fourth-order valence-electron chi connectivity index (χ4n) is 4.58. The van der Waals surface area contributed by atoms with Crippen LogP contribution in [0.2, 0.25) is 0 Å². The van der Waals surface area contributed by atoms with Crippen LogP contribution in [0.4, 0.5) is 5.69 Å². The number of benzene rings is 3. The maximum atomic E-state index is 13.1. The molecule has 2 heterocycles. The maximum absolute atomic E-state index is 13.1. The summed E-state index contributed by atoms with van der Waals surface area (Å²) >= 11 is 0. The molecule has 5 rings (SSSR count). The quantitative estimate of drug-likeness (QED) is 0.255. The normalized spacial score (nSPS) is 15.2. The van der Waals surface area contributed by atoms with E-state index in [4.69, 9.17) is 9.72 Å². The molecule has 1 aromatic heterocycles. The first-order valence-electron chi connectivity index (χ1n) is 11.8. The zero-order valence-electron chi connectivity index (χ0n) is 19.6. The van der Waals surface area contributed by atoms with E-state index < -0.39 is 14.9 Å². The van der Waals surface area contributed by atoms with Gasteiger partial charge in [-0.15, -0.1) is 0 Å². The maximum Gasteiger partial charge on any atom is 0.269 e. The van der Waals surface area contributed by atoms with E-state index in [1.165, 1.54) is 28.6 Å². The molecule has 4 aromatic rings. The molecule has 0 amide bonds. The van der Waals surface area contributed by atoms with E-state index in [9.17, 15) is 18.5 Å². The zero-order valence-corrected chi connectivity index (χ0v) is 20.4. The molecule has 0 bridgehead atoms. The Bertz CT molecular complexity index is 1460. The number of rotatable bonds is 8. The molecular weight excluding hydrogens is 480 g/mol. The van der Waals surface area contributed by atoms with Gasteiger partial charge in [0.1, 0.15) is 18.2 Å². The Kier molecular flexibility index (Phi) is 6.71. The van der Waals surface area contributed by atoms with Crippen LogP contribution in [0.5, 0.6) is 5.75 Å². The average Bonchev–Trinajstić information content (AvgIpc) is 3.25. The monoisotopic (exact) mass is 506 g/mol. The van der Waals surface area contributed by atoms with E-state index in [0.29, 0.717) is 32.5 Å². The second-order valence-electron chi connectivity index (χ2n) is 8.83. The minimum atomic E-state index is -3.70. The van der Waals surface area contributed by atoms with Crippen molar-refractivity contribution in [2.75, 3.05) is 13.1 Å². The SMILES string of the molecule is O=[N+]([O-])c1ccc(S(=O)(=O)N2CCC(Cn3c(COc4ccccc4)nc4ccccc43)CC2)cc1. The van der Waals surface area contributed by atoms with Gasteiger partial charge < -0.3 is 9.30 Å². The largest absolute Gasteiger partial charge is 0.486 e. The van der Waals surface area contributed by atoms with E-state index in [2.05, 4.69) is 4.57 Å². The number of sulfonamides is 1.